The second-order valence-corrected chi connectivity index (χ2v) is 2.16. The lowest BCUT2D eigenvalue weighted by molar-refractivity contribution is -0.132. The van der Waals surface area contributed by atoms with Gasteiger partial charge in [0.15, 0.2) is 0 Å². The van der Waals surface area contributed by atoms with Gasteiger partial charge in [-0.1, -0.05) is 0 Å². The second kappa shape index (κ2) is 7.70. The van der Waals surface area contributed by atoms with Crippen LogP contribution in [0.15, 0.2) is 21.8 Å². The van der Waals surface area contributed by atoms with Crippen LogP contribution in [-0.2, 0) is 14.3 Å². The molecule has 1 heterocycles. The number of nitrogens with zero attached hydrogens (tertiary/aromatic N) is 2. The number of carbonyl (C=O) groups is 1. The highest BCUT2D eigenvalue weighted by Crippen LogP contribution is 1.89. The third-order valence-electron chi connectivity index (χ3n) is 1.08. The lowest BCUT2D eigenvalue weighted by atomic mass is 10.3. The van der Waals surface area contributed by atoms with E-state index in [0.29, 0.717) is 0 Å². The molecule has 0 saturated heterocycles. The van der Waals surface area contributed by atoms with Crippen LogP contribution in [0.25, 0.3) is 0 Å². The summed E-state index contributed by atoms with van der Waals surface area (Å²) in [4.78, 5) is 25.9. The third-order valence-corrected chi connectivity index (χ3v) is 1.08. The molecule has 0 bridgehead atoms. The van der Waals surface area contributed by atoms with E-state index in [9.17, 15) is 9.59 Å². The van der Waals surface area contributed by atoms with E-state index in [4.69, 9.17) is 5.11 Å². The molecule has 0 spiro atoms. The molecule has 0 amide bonds. The molecule has 0 saturated carbocycles. The topological polar surface area (TPSA) is 88.3 Å². The molecule has 1 rings (SSSR count). The lowest BCUT2D eigenvalue weighted by Crippen LogP contribution is -1.94. The first kappa shape index (κ1) is 12.1. The van der Waals surface area contributed by atoms with E-state index in [1.165, 1.54) is 13.0 Å². The summed E-state index contributed by atoms with van der Waals surface area (Å²) in [6, 6.07) is 0. The van der Waals surface area contributed by atoms with Crippen LogP contribution < -0.4 is 0 Å². The molecule has 0 fully saturated rings. The van der Waals surface area contributed by atoms with Crippen molar-refractivity contribution in [1.29, 1.82) is 0 Å². The molecular weight excluding hydrogens is 188 g/mol. The smallest absolute Gasteiger partial charge is 0.332 e. The monoisotopic (exact) mass is 197 g/mol. The fraction of sp³-hybridized carbons (Fsp3) is 0.375. The van der Waals surface area contributed by atoms with Gasteiger partial charge in [0.25, 0.3) is 6.40 Å². The SMILES string of the molecule is CC(=CN=C=O)C(=O)O.[C]1=NCCO1. The zero-order valence-electron chi connectivity index (χ0n) is 7.56. The summed E-state index contributed by atoms with van der Waals surface area (Å²) in [6.45, 7) is 2.85. The molecule has 1 N–H and O–H groups in total. The van der Waals surface area contributed by atoms with Gasteiger partial charge < -0.3 is 9.84 Å². The Hall–Kier alpha value is -1.94. The van der Waals surface area contributed by atoms with Crippen LogP contribution in [0, 0.1) is 0 Å². The maximum atomic E-state index is 9.95. The fourth-order valence-corrected chi connectivity index (χ4v) is 0.407. The molecular formula is C8H9N2O4. The average molecular weight is 197 g/mol. The first-order valence-corrected chi connectivity index (χ1v) is 3.68. The summed E-state index contributed by atoms with van der Waals surface area (Å²) >= 11 is 0. The van der Waals surface area contributed by atoms with Crippen LogP contribution in [0.4, 0.5) is 0 Å². The van der Waals surface area contributed by atoms with E-state index in [1.807, 2.05) is 0 Å². The number of carboxylic acids is 1. The van der Waals surface area contributed by atoms with E-state index >= 15 is 0 Å². The highest BCUT2D eigenvalue weighted by Gasteiger charge is 1.95. The summed E-state index contributed by atoms with van der Waals surface area (Å²) in [7, 11) is 0. The Morgan fingerprint density at radius 3 is 2.79 bits per heavy atom. The summed E-state index contributed by atoms with van der Waals surface area (Å²) in [6.07, 6.45) is 4.48. The minimum Gasteiger partial charge on any atom is -0.478 e. The first-order valence-electron chi connectivity index (χ1n) is 3.68. The van der Waals surface area contributed by atoms with Gasteiger partial charge in [0, 0.05) is 0 Å². The number of rotatable bonds is 2. The van der Waals surface area contributed by atoms with Crippen LogP contribution in [0.2, 0.25) is 0 Å². The molecule has 6 heteroatoms. The minimum absolute atomic E-state index is 0.0124. The Morgan fingerprint density at radius 1 is 1.79 bits per heavy atom. The van der Waals surface area contributed by atoms with Crippen molar-refractivity contribution in [1.82, 2.24) is 0 Å². The zero-order chi connectivity index (χ0) is 10.8. The van der Waals surface area contributed by atoms with Crippen LogP contribution in [-0.4, -0.2) is 36.7 Å². The van der Waals surface area contributed by atoms with Gasteiger partial charge >= 0.3 is 5.97 Å². The number of hydrogen-bond donors (Lipinski definition) is 1. The average Bonchev–Trinajstić information content (AvgIpc) is 2.71. The van der Waals surface area contributed by atoms with E-state index in [2.05, 4.69) is 21.1 Å². The number of carboxylic acid groups (broad SMARTS) is 1. The maximum absolute atomic E-state index is 9.95. The molecule has 0 aromatic heterocycles. The number of aliphatic imine (C=N–C) groups is 2. The maximum Gasteiger partial charge on any atom is 0.332 e. The highest BCUT2D eigenvalue weighted by molar-refractivity contribution is 5.85. The van der Waals surface area contributed by atoms with Crippen LogP contribution in [0.3, 0.4) is 0 Å². The van der Waals surface area contributed by atoms with E-state index < -0.39 is 5.97 Å². The third kappa shape index (κ3) is 6.75. The predicted octanol–water partition coefficient (Wildman–Crippen LogP) is 0.232. The highest BCUT2D eigenvalue weighted by atomic mass is 16.5. The molecule has 14 heavy (non-hydrogen) atoms. The molecule has 75 valence electrons. The molecule has 0 aliphatic carbocycles. The first-order chi connectivity index (χ1) is 6.68. The van der Waals surface area contributed by atoms with Gasteiger partial charge in [0.1, 0.15) is 6.61 Å². The van der Waals surface area contributed by atoms with E-state index in [0.717, 1.165) is 19.4 Å². The normalized spacial score (nSPS) is 13.4. The second-order valence-electron chi connectivity index (χ2n) is 2.16. The fourth-order valence-electron chi connectivity index (χ4n) is 0.407. The molecule has 0 unspecified atom stereocenters. The van der Waals surface area contributed by atoms with E-state index in [1.54, 1.807) is 0 Å². The molecule has 0 aromatic carbocycles. The Bertz CT molecular complexity index is 284. The van der Waals surface area contributed by atoms with Gasteiger partial charge in [-0.25, -0.2) is 14.6 Å². The van der Waals surface area contributed by atoms with Crippen molar-refractivity contribution in [3.63, 3.8) is 0 Å². The van der Waals surface area contributed by atoms with Crippen molar-refractivity contribution < 1.29 is 19.4 Å². The Labute approximate surface area is 80.6 Å². The van der Waals surface area contributed by atoms with Gasteiger partial charge in [0.2, 0.25) is 6.08 Å². The predicted molar refractivity (Wildman–Crippen MR) is 47.8 cm³/mol. The van der Waals surface area contributed by atoms with Crippen molar-refractivity contribution in [2.24, 2.45) is 9.98 Å². The van der Waals surface area contributed by atoms with Crippen LogP contribution in [0.1, 0.15) is 6.92 Å². The Kier molecular flexibility index (Phi) is 6.63. The van der Waals surface area contributed by atoms with Crippen molar-refractivity contribution in [2.75, 3.05) is 13.2 Å². The number of hydrogen-bond acceptors (Lipinski definition) is 5. The largest absolute Gasteiger partial charge is 0.478 e. The van der Waals surface area contributed by atoms with Crippen molar-refractivity contribution >= 4 is 18.4 Å². The molecule has 6 nitrogen and oxygen atoms in total. The van der Waals surface area contributed by atoms with Crippen LogP contribution in [0.5, 0.6) is 0 Å². The Morgan fingerprint density at radius 2 is 2.50 bits per heavy atom. The number of aliphatic carboxylic acids is 1. The minimum atomic E-state index is -1.09. The summed E-state index contributed by atoms with van der Waals surface area (Å²) < 4.78 is 4.53. The molecule has 0 atom stereocenters. The molecule has 1 radical (unpaired) electrons. The number of carbonyl (C=O) groups excluding carboxylic acids is 1. The molecule has 1 aliphatic heterocycles. The van der Waals surface area contributed by atoms with Gasteiger partial charge in [-0.2, -0.15) is 4.99 Å². The van der Waals surface area contributed by atoms with Crippen LogP contribution >= 0.6 is 0 Å². The number of isocyanates is 1. The lowest BCUT2D eigenvalue weighted by Gasteiger charge is -1.83. The quantitative estimate of drug-likeness (QED) is 0.390. The summed E-state index contributed by atoms with van der Waals surface area (Å²) in [5.74, 6) is -1.09. The van der Waals surface area contributed by atoms with Gasteiger partial charge in [-0.05, 0) is 6.92 Å². The molecule has 1 aliphatic rings. The van der Waals surface area contributed by atoms with Crippen molar-refractivity contribution in [3.05, 3.63) is 11.8 Å². The summed E-state index contributed by atoms with van der Waals surface area (Å²) in [5.41, 5.74) is 0.0124. The standard InChI is InChI=1S/C5H5NO3.C3H4NO/c1-4(5(8)9)2-6-3-7;1-2-5-3-4-1/h2H,1H3,(H,8,9);1-2H2. The zero-order valence-corrected chi connectivity index (χ0v) is 7.56. The van der Waals surface area contributed by atoms with Gasteiger partial charge in [0.05, 0.1) is 18.3 Å². The number of ether oxygens (including phenoxy) is 1. The molecule has 0 aromatic rings. The summed E-state index contributed by atoms with van der Waals surface area (Å²) in [5, 5.41) is 8.15. The van der Waals surface area contributed by atoms with Gasteiger partial charge in [-0.15, -0.1) is 0 Å². The van der Waals surface area contributed by atoms with E-state index in [-0.39, 0.29) is 5.57 Å². The van der Waals surface area contributed by atoms with Crippen molar-refractivity contribution in [3.8, 4) is 0 Å². The van der Waals surface area contributed by atoms with Crippen molar-refractivity contribution in [2.45, 2.75) is 6.92 Å². The van der Waals surface area contributed by atoms with Gasteiger partial charge in [-0.3, -0.25) is 0 Å². The Balaban J connectivity index is 0.000000280.